The molecule has 0 radical (unpaired) electrons. The molecule has 0 amide bonds. The number of likely N-dealkylation sites (N-methyl/N-ethyl adjacent to an activating group) is 1. The van der Waals surface area contributed by atoms with E-state index in [1.165, 1.54) is 6.42 Å². The summed E-state index contributed by atoms with van der Waals surface area (Å²) in [4.78, 5) is 2.34. The Morgan fingerprint density at radius 1 is 1.23 bits per heavy atom. The molecule has 0 fully saturated rings. The summed E-state index contributed by atoms with van der Waals surface area (Å²) in [7, 11) is 2.16. The van der Waals surface area contributed by atoms with Gasteiger partial charge in [-0.15, -0.1) is 5.10 Å². The zero-order valence-electron chi connectivity index (χ0n) is 15.5. The molecule has 1 rings (SSSR count). The van der Waals surface area contributed by atoms with Gasteiger partial charge in [-0.3, -0.25) is 4.68 Å². The maximum absolute atomic E-state index is 5.52. The van der Waals surface area contributed by atoms with Crippen molar-refractivity contribution in [2.45, 2.75) is 73.0 Å². The molecule has 22 heavy (non-hydrogen) atoms. The molecule has 0 unspecified atom stereocenters. The van der Waals surface area contributed by atoms with E-state index in [0.29, 0.717) is 6.10 Å². The lowest BCUT2D eigenvalue weighted by atomic mass is 10.3. The highest BCUT2D eigenvalue weighted by Crippen LogP contribution is 2.00. The van der Waals surface area contributed by atoms with Gasteiger partial charge in [-0.25, -0.2) is 0 Å². The van der Waals surface area contributed by atoms with Crippen molar-refractivity contribution in [1.29, 1.82) is 0 Å². The van der Waals surface area contributed by atoms with Crippen molar-refractivity contribution in [3.63, 3.8) is 0 Å². The largest absolute Gasteiger partial charge is 0.379 e. The third-order valence-corrected chi connectivity index (χ3v) is 3.17. The number of rotatable bonds is 11. The summed E-state index contributed by atoms with van der Waals surface area (Å²) < 4.78 is 7.47. The molecule has 0 aliphatic rings. The minimum absolute atomic E-state index is 0.327. The number of hydrogen-bond donors (Lipinski definition) is 0. The Bertz CT molecular complexity index is 352. The predicted molar refractivity (Wildman–Crippen MR) is 93.2 cm³/mol. The van der Waals surface area contributed by atoms with E-state index in [0.717, 1.165) is 51.2 Å². The molecule has 0 bridgehead atoms. The monoisotopic (exact) mass is 312 g/mol. The molecular formula is C17H36N4O. The summed E-state index contributed by atoms with van der Waals surface area (Å²) in [6.45, 7) is 14.3. The molecule has 0 saturated heterocycles. The van der Waals surface area contributed by atoms with Gasteiger partial charge in [-0.1, -0.05) is 26.0 Å². The second-order valence-corrected chi connectivity index (χ2v) is 5.65. The van der Waals surface area contributed by atoms with Gasteiger partial charge in [0.1, 0.15) is 0 Å². The van der Waals surface area contributed by atoms with Crippen LogP contribution in [0, 0.1) is 0 Å². The van der Waals surface area contributed by atoms with Gasteiger partial charge in [0.2, 0.25) is 0 Å². The lowest BCUT2D eigenvalue weighted by Crippen LogP contribution is -2.21. The SMILES string of the molecule is CC.CCCN(C)CCc1cn(CCCCOC(C)C)nn1. The second-order valence-electron chi connectivity index (χ2n) is 5.65. The number of ether oxygens (including phenoxy) is 1. The lowest BCUT2D eigenvalue weighted by molar-refractivity contribution is 0.0753. The first-order valence-electron chi connectivity index (χ1n) is 8.81. The fourth-order valence-corrected chi connectivity index (χ4v) is 2.06. The Hall–Kier alpha value is -0.940. The van der Waals surface area contributed by atoms with Crippen molar-refractivity contribution in [3.8, 4) is 0 Å². The topological polar surface area (TPSA) is 43.2 Å². The normalized spacial score (nSPS) is 10.9. The molecule has 0 saturated carbocycles. The molecule has 1 heterocycles. The van der Waals surface area contributed by atoms with Crippen molar-refractivity contribution in [2.75, 3.05) is 26.7 Å². The van der Waals surface area contributed by atoms with Gasteiger partial charge < -0.3 is 9.64 Å². The van der Waals surface area contributed by atoms with Crippen LogP contribution in [0.3, 0.4) is 0 Å². The van der Waals surface area contributed by atoms with Gasteiger partial charge in [0.15, 0.2) is 0 Å². The van der Waals surface area contributed by atoms with Crippen molar-refractivity contribution < 1.29 is 4.74 Å². The van der Waals surface area contributed by atoms with Crippen LogP contribution in [0.2, 0.25) is 0 Å². The van der Waals surface area contributed by atoms with Crippen LogP contribution in [-0.2, 0) is 17.7 Å². The Balaban J connectivity index is 0.00000211. The van der Waals surface area contributed by atoms with Gasteiger partial charge >= 0.3 is 0 Å². The molecule has 130 valence electrons. The third-order valence-electron chi connectivity index (χ3n) is 3.17. The summed E-state index contributed by atoms with van der Waals surface area (Å²) in [5.41, 5.74) is 1.09. The molecule has 1 aromatic rings. The second kappa shape index (κ2) is 13.7. The van der Waals surface area contributed by atoms with Gasteiger partial charge in [-0.2, -0.15) is 0 Å². The Morgan fingerprint density at radius 2 is 1.95 bits per heavy atom. The molecule has 0 atom stereocenters. The van der Waals surface area contributed by atoms with E-state index in [9.17, 15) is 0 Å². The molecule has 0 aromatic carbocycles. The highest BCUT2D eigenvalue weighted by atomic mass is 16.5. The third kappa shape index (κ3) is 10.7. The van der Waals surface area contributed by atoms with Crippen molar-refractivity contribution in [1.82, 2.24) is 19.9 Å². The quantitative estimate of drug-likeness (QED) is 0.587. The van der Waals surface area contributed by atoms with E-state index in [1.807, 2.05) is 18.5 Å². The predicted octanol–water partition coefficient (Wildman–Crippen LogP) is 3.39. The Kier molecular flexibility index (Phi) is 13.1. The summed E-state index contributed by atoms with van der Waals surface area (Å²) in [5, 5.41) is 8.41. The van der Waals surface area contributed by atoms with Crippen LogP contribution in [-0.4, -0.2) is 52.7 Å². The van der Waals surface area contributed by atoms with Gasteiger partial charge in [-0.05, 0) is 46.7 Å². The molecule has 5 heteroatoms. The van der Waals surface area contributed by atoms with Crippen LogP contribution in [0.15, 0.2) is 6.20 Å². The maximum Gasteiger partial charge on any atom is 0.0839 e. The van der Waals surface area contributed by atoms with E-state index in [1.54, 1.807) is 0 Å². The van der Waals surface area contributed by atoms with E-state index in [-0.39, 0.29) is 0 Å². The number of unbranched alkanes of at least 4 members (excludes halogenated alkanes) is 1. The van der Waals surface area contributed by atoms with Crippen LogP contribution in [0.4, 0.5) is 0 Å². The summed E-state index contributed by atoms with van der Waals surface area (Å²) >= 11 is 0. The molecule has 0 spiro atoms. The highest BCUT2D eigenvalue weighted by molar-refractivity contribution is 4.92. The van der Waals surface area contributed by atoms with Crippen LogP contribution in [0.25, 0.3) is 0 Å². The Labute approximate surface area is 137 Å². The van der Waals surface area contributed by atoms with Crippen molar-refractivity contribution >= 4 is 0 Å². The van der Waals surface area contributed by atoms with E-state index >= 15 is 0 Å². The number of aryl methyl sites for hydroxylation is 1. The molecule has 0 aliphatic heterocycles. The van der Waals surface area contributed by atoms with E-state index < -0.39 is 0 Å². The zero-order chi connectivity index (χ0) is 16.8. The lowest BCUT2D eigenvalue weighted by Gasteiger charge is -2.13. The first kappa shape index (κ1) is 21.1. The van der Waals surface area contributed by atoms with Gasteiger partial charge in [0.05, 0.1) is 11.8 Å². The van der Waals surface area contributed by atoms with Crippen LogP contribution < -0.4 is 0 Å². The Morgan fingerprint density at radius 3 is 2.59 bits per heavy atom. The minimum atomic E-state index is 0.327. The fourth-order valence-electron chi connectivity index (χ4n) is 2.06. The molecule has 5 nitrogen and oxygen atoms in total. The maximum atomic E-state index is 5.52. The summed E-state index contributed by atoms with van der Waals surface area (Å²) in [5.74, 6) is 0. The standard InChI is InChI=1S/C15H30N4O.C2H6/c1-5-9-18(4)11-8-15-13-19(17-16-15)10-6-7-12-20-14(2)3;1-2/h13-14H,5-12H2,1-4H3;1-2H3. The number of aromatic nitrogens is 3. The smallest absolute Gasteiger partial charge is 0.0839 e. The molecule has 1 aromatic heterocycles. The van der Waals surface area contributed by atoms with Gasteiger partial charge in [0.25, 0.3) is 0 Å². The summed E-state index contributed by atoms with van der Waals surface area (Å²) in [6, 6.07) is 0. The zero-order valence-corrected chi connectivity index (χ0v) is 15.5. The first-order valence-corrected chi connectivity index (χ1v) is 8.81. The number of hydrogen-bond acceptors (Lipinski definition) is 4. The average Bonchev–Trinajstić information content (AvgIpc) is 2.95. The first-order chi connectivity index (χ1) is 10.6. The molecule has 0 N–H and O–H groups in total. The van der Waals surface area contributed by atoms with E-state index in [2.05, 4.69) is 49.2 Å². The van der Waals surface area contributed by atoms with Crippen molar-refractivity contribution in [2.24, 2.45) is 0 Å². The number of nitrogens with zero attached hydrogens (tertiary/aromatic N) is 4. The van der Waals surface area contributed by atoms with Crippen molar-refractivity contribution in [3.05, 3.63) is 11.9 Å². The molecule has 0 aliphatic carbocycles. The molecular weight excluding hydrogens is 276 g/mol. The van der Waals surface area contributed by atoms with E-state index in [4.69, 9.17) is 4.74 Å². The fraction of sp³-hybridized carbons (Fsp3) is 0.882. The average molecular weight is 313 g/mol. The minimum Gasteiger partial charge on any atom is -0.379 e. The van der Waals surface area contributed by atoms with Crippen LogP contribution in [0.5, 0.6) is 0 Å². The van der Waals surface area contributed by atoms with Crippen LogP contribution >= 0.6 is 0 Å². The summed E-state index contributed by atoms with van der Waals surface area (Å²) in [6.07, 6.45) is 6.74. The highest BCUT2D eigenvalue weighted by Gasteiger charge is 2.03. The van der Waals surface area contributed by atoms with Gasteiger partial charge in [0, 0.05) is 32.3 Å². The van der Waals surface area contributed by atoms with Crippen LogP contribution in [0.1, 0.15) is 59.6 Å².